The Bertz CT molecular complexity index is 552. The van der Waals surface area contributed by atoms with E-state index in [4.69, 9.17) is 4.94 Å². The van der Waals surface area contributed by atoms with Crippen molar-refractivity contribution in [3.05, 3.63) is 55.2 Å². The molecule has 0 saturated heterocycles. The van der Waals surface area contributed by atoms with Gasteiger partial charge in [-0.15, -0.1) is 10.2 Å². The van der Waals surface area contributed by atoms with E-state index in [0.717, 1.165) is 5.82 Å². The Balaban J connectivity index is 1.83. The van der Waals surface area contributed by atoms with E-state index in [9.17, 15) is 0 Å². The van der Waals surface area contributed by atoms with E-state index in [0.29, 0.717) is 0 Å². The molecule has 0 aliphatic carbocycles. The van der Waals surface area contributed by atoms with E-state index >= 15 is 0 Å². The molecule has 0 N–H and O–H groups in total. The van der Waals surface area contributed by atoms with E-state index in [1.54, 1.807) is 24.7 Å². The zero-order valence-electron chi connectivity index (χ0n) is 8.34. The van der Waals surface area contributed by atoms with Crippen molar-refractivity contribution < 1.29 is 4.94 Å². The zero-order chi connectivity index (χ0) is 10.8. The average molecular weight is 215 g/mol. The van der Waals surface area contributed by atoms with Gasteiger partial charge in [0.1, 0.15) is 0 Å². The van der Waals surface area contributed by atoms with Gasteiger partial charge >= 0.3 is 0 Å². The molecule has 0 aromatic carbocycles. The summed E-state index contributed by atoms with van der Waals surface area (Å²) in [4.78, 5) is 7.97. The van der Waals surface area contributed by atoms with Crippen LogP contribution in [0.15, 0.2) is 55.2 Å². The van der Waals surface area contributed by atoms with Gasteiger partial charge in [0.2, 0.25) is 0 Å². The van der Waals surface area contributed by atoms with Gasteiger partial charge in [0.15, 0.2) is 5.82 Å². The van der Waals surface area contributed by atoms with Crippen molar-refractivity contribution in [1.29, 1.82) is 0 Å². The molecule has 0 radical (unpaired) electrons. The second-order valence-corrected chi connectivity index (χ2v) is 3.16. The fourth-order valence-electron chi connectivity index (χ4n) is 1.36. The van der Waals surface area contributed by atoms with E-state index in [2.05, 4.69) is 10.2 Å². The monoisotopic (exact) mass is 215 g/mol. The Morgan fingerprint density at radius 2 is 1.81 bits per heavy atom. The molecular formula is C10H9N5O. The second-order valence-electron chi connectivity index (χ2n) is 3.16. The van der Waals surface area contributed by atoms with Crippen LogP contribution in [0.2, 0.25) is 0 Å². The van der Waals surface area contributed by atoms with Gasteiger partial charge < -0.3 is 4.57 Å². The van der Waals surface area contributed by atoms with Crippen LogP contribution >= 0.6 is 0 Å². The first-order valence-corrected chi connectivity index (χ1v) is 4.79. The van der Waals surface area contributed by atoms with Gasteiger partial charge in [0, 0.05) is 18.5 Å². The number of hydrogen-bond acceptors (Lipinski definition) is 3. The van der Waals surface area contributed by atoms with Gasteiger partial charge in [-0.25, -0.2) is 4.94 Å². The molecule has 6 heteroatoms. The van der Waals surface area contributed by atoms with Gasteiger partial charge in [0.25, 0.3) is 0 Å². The Morgan fingerprint density at radius 1 is 0.938 bits per heavy atom. The van der Waals surface area contributed by atoms with Gasteiger partial charge in [-0.3, -0.25) is 0 Å². The lowest BCUT2D eigenvalue weighted by Gasteiger charge is -2.01. The van der Waals surface area contributed by atoms with Crippen LogP contribution in [0.5, 0.6) is 0 Å². The van der Waals surface area contributed by atoms with E-state index in [1.807, 2.05) is 35.2 Å². The number of aromatic nitrogens is 5. The maximum atomic E-state index is 5.29. The summed E-state index contributed by atoms with van der Waals surface area (Å²) in [7, 11) is 0. The van der Waals surface area contributed by atoms with Crippen LogP contribution in [0, 0.1) is 0 Å². The number of hydrogen-bond donors (Lipinski definition) is 0. The molecule has 3 heterocycles. The Labute approximate surface area is 91.2 Å². The molecule has 3 rings (SSSR count). The van der Waals surface area contributed by atoms with Crippen molar-refractivity contribution in [2.24, 2.45) is 0 Å². The van der Waals surface area contributed by atoms with Gasteiger partial charge in [-0.2, -0.15) is 0 Å². The second kappa shape index (κ2) is 3.58. The minimum atomic E-state index is 0.789. The molecule has 80 valence electrons. The summed E-state index contributed by atoms with van der Waals surface area (Å²) in [6, 6.07) is 7.50. The van der Waals surface area contributed by atoms with Crippen molar-refractivity contribution in [3.8, 4) is 5.82 Å². The largest absolute Gasteiger partial charge is 0.307 e. The summed E-state index contributed by atoms with van der Waals surface area (Å²) in [6.45, 7) is 0. The Hall–Kier alpha value is -2.50. The minimum Gasteiger partial charge on any atom is -0.307 e. The highest BCUT2D eigenvalue weighted by molar-refractivity contribution is 5.20. The number of nitrogens with zero attached hydrogens (tertiary/aromatic N) is 5. The van der Waals surface area contributed by atoms with Crippen LogP contribution in [-0.4, -0.2) is 24.5 Å². The van der Waals surface area contributed by atoms with Crippen LogP contribution in [0.3, 0.4) is 0 Å². The highest BCUT2D eigenvalue weighted by Gasteiger charge is 2.01. The lowest BCUT2D eigenvalue weighted by molar-refractivity contribution is -0.00913. The molecule has 0 aliphatic heterocycles. The summed E-state index contributed by atoms with van der Waals surface area (Å²) in [5, 5.41) is 8.13. The van der Waals surface area contributed by atoms with E-state index in [-0.39, 0.29) is 0 Å². The molecule has 6 nitrogen and oxygen atoms in total. The molecule has 3 aromatic heterocycles. The highest BCUT2D eigenvalue weighted by Crippen LogP contribution is 2.03. The average Bonchev–Trinajstić information content (AvgIpc) is 2.99. The number of rotatable bonds is 3. The highest BCUT2D eigenvalue weighted by atomic mass is 16.8. The predicted octanol–water partition coefficient (Wildman–Crippen LogP) is 0.762. The Morgan fingerprint density at radius 3 is 2.56 bits per heavy atom. The summed E-state index contributed by atoms with van der Waals surface area (Å²) in [5.41, 5.74) is 0. The maximum Gasteiger partial charge on any atom is 0.162 e. The first-order valence-electron chi connectivity index (χ1n) is 4.79. The third-order valence-electron chi connectivity index (χ3n) is 2.07. The predicted molar refractivity (Wildman–Crippen MR) is 55.8 cm³/mol. The molecule has 0 aliphatic rings. The summed E-state index contributed by atoms with van der Waals surface area (Å²) in [6.07, 6.45) is 8.88. The van der Waals surface area contributed by atoms with Gasteiger partial charge in [-0.1, -0.05) is 9.69 Å². The van der Waals surface area contributed by atoms with Crippen molar-refractivity contribution in [2.75, 3.05) is 0 Å². The van der Waals surface area contributed by atoms with Gasteiger partial charge in [-0.05, 0) is 18.2 Å². The summed E-state index contributed by atoms with van der Waals surface area (Å²) in [5.74, 6) is 0.789. The van der Waals surface area contributed by atoms with Crippen molar-refractivity contribution in [1.82, 2.24) is 24.5 Å². The smallest absolute Gasteiger partial charge is 0.162 e. The molecule has 0 amide bonds. The molecule has 0 spiro atoms. The summed E-state index contributed by atoms with van der Waals surface area (Å²) >= 11 is 0. The molecule has 16 heavy (non-hydrogen) atoms. The third kappa shape index (κ3) is 1.56. The first kappa shape index (κ1) is 8.78. The van der Waals surface area contributed by atoms with Gasteiger partial charge in [0.05, 0.1) is 18.6 Å². The fraction of sp³-hybridized carbons (Fsp3) is 0. The fourth-order valence-corrected chi connectivity index (χ4v) is 1.36. The SMILES string of the molecule is c1ccn(-c2ccn(On3cccn3)n2)c1. The molecule has 0 fully saturated rings. The van der Waals surface area contributed by atoms with Crippen LogP contribution in [0.1, 0.15) is 0 Å². The molecule has 0 atom stereocenters. The standard InChI is InChI=1S/C10H9N5O/c1-2-7-13(6-1)10-4-9-15(12-10)16-14-8-3-5-11-14/h1-9H. The van der Waals surface area contributed by atoms with Crippen molar-refractivity contribution in [3.63, 3.8) is 0 Å². The lowest BCUT2D eigenvalue weighted by atomic mass is 10.6. The minimum absolute atomic E-state index is 0.789. The first-order chi connectivity index (χ1) is 7.92. The lowest BCUT2D eigenvalue weighted by Crippen LogP contribution is -2.19. The van der Waals surface area contributed by atoms with Crippen molar-refractivity contribution in [2.45, 2.75) is 0 Å². The topological polar surface area (TPSA) is 49.8 Å². The third-order valence-corrected chi connectivity index (χ3v) is 2.07. The van der Waals surface area contributed by atoms with Crippen LogP contribution in [0.4, 0.5) is 0 Å². The Kier molecular flexibility index (Phi) is 1.96. The maximum absolute atomic E-state index is 5.29. The molecule has 0 saturated carbocycles. The molecular weight excluding hydrogens is 206 g/mol. The molecule has 0 unspecified atom stereocenters. The van der Waals surface area contributed by atoms with E-state index in [1.165, 1.54) is 9.69 Å². The van der Waals surface area contributed by atoms with E-state index < -0.39 is 0 Å². The van der Waals surface area contributed by atoms with Crippen LogP contribution in [0.25, 0.3) is 5.82 Å². The van der Waals surface area contributed by atoms with Crippen LogP contribution < -0.4 is 4.94 Å². The molecule has 3 aromatic rings. The quantitative estimate of drug-likeness (QED) is 0.648. The summed E-state index contributed by atoms with van der Waals surface area (Å²) < 4.78 is 1.89. The normalized spacial score (nSPS) is 10.5. The van der Waals surface area contributed by atoms with Crippen molar-refractivity contribution >= 4 is 0 Å². The zero-order valence-corrected chi connectivity index (χ0v) is 8.34. The molecule has 0 bridgehead atoms. The van der Waals surface area contributed by atoms with Crippen LogP contribution in [-0.2, 0) is 0 Å².